The van der Waals surface area contributed by atoms with Crippen LogP contribution >= 0.6 is 0 Å². The minimum absolute atomic E-state index is 0.0163. The van der Waals surface area contributed by atoms with Gasteiger partial charge < -0.3 is 10.1 Å². The minimum atomic E-state index is -0.0163. The van der Waals surface area contributed by atoms with Crippen molar-refractivity contribution in [3.8, 4) is 5.75 Å². The predicted octanol–water partition coefficient (Wildman–Crippen LogP) is 4.39. The van der Waals surface area contributed by atoms with Gasteiger partial charge in [0.2, 0.25) is 0 Å². The maximum Gasteiger partial charge on any atom is 0.251 e. The molecule has 1 atom stereocenters. The van der Waals surface area contributed by atoms with E-state index in [2.05, 4.69) is 36.2 Å². The number of ether oxygens (including phenoxy) is 1. The van der Waals surface area contributed by atoms with E-state index in [4.69, 9.17) is 4.74 Å². The zero-order chi connectivity index (χ0) is 19.2. The molecule has 1 heterocycles. The first-order valence-electron chi connectivity index (χ1n) is 9.84. The number of nitrogens with zero attached hydrogens (tertiary/aromatic N) is 1. The van der Waals surface area contributed by atoms with E-state index in [0.29, 0.717) is 18.0 Å². The third kappa shape index (κ3) is 4.89. The van der Waals surface area contributed by atoms with E-state index in [-0.39, 0.29) is 11.9 Å². The van der Waals surface area contributed by atoms with Crippen molar-refractivity contribution >= 4 is 5.91 Å². The number of amides is 1. The van der Waals surface area contributed by atoms with Gasteiger partial charge in [0.25, 0.3) is 5.91 Å². The molecule has 1 aliphatic rings. The summed E-state index contributed by atoms with van der Waals surface area (Å²) in [4.78, 5) is 15.1. The number of benzene rings is 2. The molecule has 144 valence electrons. The van der Waals surface area contributed by atoms with E-state index in [9.17, 15) is 4.79 Å². The van der Waals surface area contributed by atoms with Crippen molar-refractivity contribution in [1.82, 2.24) is 10.2 Å². The van der Waals surface area contributed by atoms with E-state index < -0.39 is 0 Å². The largest absolute Gasteiger partial charge is 0.497 e. The molecule has 0 aliphatic carbocycles. The number of nitrogens with one attached hydrogen (secondary N) is 1. The lowest BCUT2D eigenvalue weighted by Gasteiger charge is -2.28. The van der Waals surface area contributed by atoms with Crippen LogP contribution in [-0.2, 0) is 0 Å². The van der Waals surface area contributed by atoms with Crippen molar-refractivity contribution in [3.63, 3.8) is 0 Å². The summed E-state index contributed by atoms with van der Waals surface area (Å²) < 4.78 is 5.39. The average molecular weight is 367 g/mol. The maximum atomic E-state index is 12.6. The number of carbonyl (C=O) groups is 1. The van der Waals surface area contributed by atoms with E-state index in [1.54, 1.807) is 7.11 Å². The fourth-order valence-electron chi connectivity index (χ4n) is 3.67. The summed E-state index contributed by atoms with van der Waals surface area (Å²) in [7, 11) is 1.69. The highest BCUT2D eigenvalue weighted by Gasteiger charge is 2.24. The topological polar surface area (TPSA) is 41.6 Å². The Balaban J connectivity index is 1.71. The molecule has 1 unspecified atom stereocenters. The molecule has 4 heteroatoms. The van der Waals surface area contributed by atoms with Gasteiger partial charge in [0, 0.05) is 12.1 Å². The highest BCUT2D eigenvalue weighted by Crippen LogP contribution is 2.27. The Morgan fingerprint density at radius 2 is 1.78 bits per heavy atom. The van der Waals surface area contributed by atoms with Crippen LogP contribution in [-0.4, -0.2) is 37.6 Å². The van der Waals surface area contributed by atoms with Crippen LogP contribution in [0.4, 0.5) is 0 Å². The number of rotatable bonds is 7. The van der Waals surface area contributed by atoms with Crippen molar-refractivity contribution in [2.75, 3.05) is 26.7 Å². The average Bonchev–Trinajstić information content (AvgIpc) is 3.22. The van der Waals surface area contributed by atoms with Crippen LogP contribution < -0.4 is 10.1 Å². The lowest BCUT2D eigenvalue weighted by Crippen LogP contribution is -2.36. The summed E-state index contributed by atoms with van der Waals surface area (Å²) in [6.45, 7) is 7.05. The van der Waals surface area contributed by atoms with Crippen LogP contribution in [0.25, 0.3) is 0 Å². The summed E-state index contributed by atoms with van der Waals surface area (Å²) >= 11 is 0. The normalized spacial score (nSPS) is 15.7. The first kappa shape index (κ1) is 19.4. The van der Waals surface area contributed by atoms with Gasteiger partial charge >= 0.3 is 0 Å². The summed E-state index contributed by atoms with van der Waals surface area (Å²) in [5, 5.41) is 3.14. The molecule has 2 aromatic rings. The molecule has 0 saturated carbocycles. The SMILES string of the molecule is COc1cccc(C(CNC(=O)c2ccc(C(C)C)cc2)N2CCCC2)c1. The van der Waals surface area contributed by atoms with Gasteiger partial charge in [-0.05, 0) is 67.2 Å². The Bertz CT molecular complexity index is 749. The van der Waals surface area contributed by atoms with Gasteiger partial charge in [0.05, 0.1) is 13.2 Å². The van der Waals surface area contributed by atoms with Gasteiger partial charge in [-0.1, -0.05) is 38.1 Å². The third-order valence-electron chi connectivity index (χ3n) is 5.36. The second-order valence-corrected chi connectivity index (χ2v) is 7.52. The minimum Gasteiger partial charge on any atom is -0.497 e. The molecule has 27 heavy (non-hydrogen) atoms. The Hall–Kier alpha value is -2.33. The van der Waals surface area contributed by atoms with Crippen LogP contribution in [0.3, 0.4) is 0 Å². The van der Waals surface area contributed by atoms with Crippen LogP contribution in [0.5, 0.6) is 5.75 Å². The molecule has 1 saturated heterocycles. The Morgan fingerprint density at radius 1 is 1.07 bits per heavy atom. The standard InChI is InChI=1S/C23H30N2O2/c1-17(2)18-9-11-19(12-10-18)23(26)24-16-22(25-13-4-5-14-25)20-7-6-8-21(15-20)27-3/h6-12,15,17,22H,4-5,13-14,16H2,1-3H3,(H,24,26). The van der Waals surface area contributed by atoms with E-state index >= 15 is 0 Å². The van der Waals surface area contributed by atoms with Crippen molar-refractivity contribution in [3.05, 3.63) is 65.2 Å². The second-order valence-electron chi connectivity index (χ2n) is 7.52. The van der Waals surface area contributed by atoms with Gasteiger partial charge in [-0.15, -0.1) is 0 Å². The zero-order valence-electron chi connectivity index (χ0n) is 16.6. The number of hydrogen-bond donors (Lipinski definition) is 1. The molecule has 4 nitrogen and oxygen atoms in total. The molecular weight excluding hydrogens is 336 g/mol. The van der Waals surface area contributed by atoms with E-state index in [1.165, 1.54) is 24.0 Å². The van der Waals surface area contributed by atoms with Crippen LogP contribution in [0, 0.1) is 0 Å². The quantitative estimate of drug-likeness (QED) is 0.790. The molecule has 2 aromatic carbocycles. The second kappa shape index (κ2) is 9.05. The van der Waals surface area contributed by atoms with E-state index in [0.717, 1.165) is 18.8 Å². The fourth-order valence-corrected chi connectivity index (χ4v) is 3.67. The number of hydrogen-bond acceptors (Lipinski definition) is 3. The lowest BCUT2D eigenvalue weighted by molar-refractivity contribution is 0.0938. The summed E-state index contributed by atoms with van der Waals surface area (Å²) in [5.41, 5.74) is 3.15. The molecule has 0 spiro atoms. The van der Waals surface area contributed by atoms with Crippen molar-refractivity contribution in [2.45, 2.75) is 38.6 Å². The molecule has 0 aromatic heterocycles. The molecule has 1 aliphatic heterocycles. The van der Waals surface area contributed by atoms with Crippen molar-refractivity contribution in [1.29, 1.82) is 0 Å². The molecule has 0 radical (unpaired) electrons. The monoisotopic (exact) mass is 366 g/mol. The Kier molecular flexibility index (Phi) is 6.51. The first-order valence-corrected chi connectivity index (χ1v) is 9.84. The van der Waals surface area contributed by atoms with Crippen molar-refractivity contribution in [2.24, 2.45) is 0 Å². The predicted molar refractivity (Wildman–Crippen MR) is 109 cm³/mol. The van der Waals surface area contributed by atoms with Crippen molar-refractivity contribution < 1.29 is 9.53 Å². The molecule has 1 amide bonds. The number of methoxy groups -OCH3 is 1. The molecule has 3 rings (SSSR count). The maximum absolute atomic E-state index is 12.6. The smallest absolute Gasteiger partial charge is 0.251 e. The highest BCUT2D eigenvalue weighted by molar-refractivity contribution is 5.94. The van der Waals surface area contributed by atoms with Gasteiger partial charge in [-0.25, -0.2) is 0 Å². The zero-order valence-corrected chi connectivity index (χ0v) is 16.6. The van der Waals surface area contributed by atoms with Gasteiger partial charge in [0.15, 0.2) is 0 Å². The van der Waals surface area contributed by atoms with Crippen LogP contribution in [0.1, 0.15) is 60.1 Å². The lowest BCUT2D eigenvalue weighted by atomic mass is 10.0. The summed E-state index contributed by atoms with van der Waals surface area (Å²) in [6, 6.07) is 16.3. The van der Waals surface area contributed by atoms with E-state index in [1.807, 2.05) is 36.4 Å². The van der Waals surface area contributed by atoms with Gasteiger partial charge in [-0.3, -0.25) is 9.69 Å². The van der Waals surface area contributed by atoms with Crippen LogP contribution in [0.2, 0.25) is 0 Å². The van der Waals surface area contributed by atoms with Gasteiger partial charge in [-0.2, -0.15) is 0 Å². The summed E-state index contributed by atoms with van der Waals surface area (Å²) in [5.74, 6) is 1.31. The first-order chi connectivity index (χ1) is 13.1. The Morgan fingerprint density at radius 3 is 2.41 bits per heavy atom. The molecule has 0 bridgehead atoms. The Labute approximate surface area is 162 Å². The third-order valence-corrected chi connectivity index (χ3v) is 5.36. The fraction of sp³-hybridized carbons (Fsp3) is 0.435. The number of likely N-dealkylation sites (tertiary alicyclic amines) is 1. The number of carbonyl (C=O) groups excluding carboxylic acids is 1. The molecule has 1 N–H and O–H groups in total. The highest BCUT2D eigenvalue weighted by atomic mass is 16.5. The van der Waals surface area contributed by atoms with Crippen LogP contribution in [0.15, 0.2) is 48.5 Å². The molecule has 1 fully saturated rings. The summed E-state index contributed by atoms with van der Waals surface area (Å²) in [6.07, 6.45) is 2.43. The molecular formula is C23H30N2O2. The van der Waals surface area contributed by atoms with Gasteiger partial charge in [0.1, 0.15) is 5.75 Å².